The van der Waals surface area contributed by atoms with Crippen LogP contribution in [0.5, 0.6) is 0 Å². The molecule has 1 fully saturated rings. The number of benzene rings is 1. The van der Waals surface area contributed by atoms with E-state index in [1.54, 1.807) is 33.0 Å². The first-order chi connectivity index (χ1) is 12.4. The van der Waals surface area contributed by atoms with Gasteiger partial charge in [0.2, 0.25) is 15.9 Å². The smallest absolute Gasteiger partial charge is 0.243 e. The highest BCUT2D eigenvalue weighted by atomic mass is 32.2. The van der Waals surface area contributed by atoms with E-state index in [2.05, 4.69) is 5.32 Å². The lowest BCUT2D eigenvalue weighted by Crippen LogP contribution is -2.40. The minimum Gasteiger partial charge on any atom is -0.376 e. The summed E-state index contributed by atoms with van der Waals surface area (Å²) in [6.45, 7) is 3.60. The summed E-state index contributed by atoms with van der Waals surface area (Å²) < 4.78 is 49.3. The molecular formula is C17H27N3O5S2. The van der Waals surface area contributed by atoms with Gasteiger partial charge in [-0.25, -0.2) is 16.8 Å². The first kappa shape index (κ1) is 21.6. The summed E-state index contributed by atoms with van der Waals surface area (Å²) >= 11 is 0. The molecule has 0 aromatic heterocycles. The van der Waals surface area contributed by atoms with Gasteiger partial charge in [0, 0.05) is 31.9 Å². The Morgan fingerprint density at radius 2 is 1.81 bits per heavy atom. The number of sulfonamides is 1. The first-order valence-corrected chi connectivity index (χ1v) is 12.0. The Morgan fingerprint density at radius 3 is 2.30 bits per heavy atom. The van der Waals surface area contributed by atoms with Gasteiger partial charge in [0.15, 0.2) is 9.84 Å². The summed E-state index contributed by atoms with van der Waals surface area (Å²) in [5.74, 6) is -0.0948. The van der Waals surface area contributed by atoms with E-state index in [4.69, 9.17) is 0 Å². The zero-order valence-electron chi connectivity index (χ0n) is 16.0. The van der Waals surface area contributed by atoms with Gasteiger partial charge in [0.05, 0.1) is 22.9 Å². The van der Waals surface area contributed by atoms with Crippen LogP contribution in [-0.4, -0.2) is 76.2 Å². The number of nitrogens with zero attached hydrogens (tertiary/aromatic N) is 2. The number of carbonyl (C=O) groups excluding carboxylic acids is 1. The van der Waals surface area contributed by atoms with E-state index in [-0.39, 0.29) is 40.9 Å². The molecule has 1 saturated heterocycles. The molecule has 0 radical (unpaired) electrons. The van der Waals surface area contributed by atoms with E-state index >= 15 is 0 Å². The molecule has 1 unspecified atom stereocenters. The van der Waals surface area contributed by atoms with Gasteiger partial charge in [-0.1, -0.05) is 0 Å². The van der Waals surface area contributed by atoms with Crippen LogP contribution in [-0.2, 0) is 24.7 Å². The Hall–Kier alpha value is -1.65. The number of nitrogens with one attached hydrogen (secondary N) is 1. The largest absolute Gasteiger partial charge is 0.376 e. The van der Waals surface area contributed by atoms with Gasteiger partial charge in [0.25, 0.3) is 0 Å². The van der Waals surface area contributed by atoms with Gasteiger partial charge in [-0.15, -0.1) is 0 Å². The number of hydrogen-bond acceptors (Lipinski definition) is 6. The SMILES string of the molecule is CC(C)N(C)S(=O)(=O)c1ccc(NCC(=O)N(C)C2CCS(=O)(=O)C2)cc1. The zero-order chi connectivity index (χ0) is 20.4. The molecule has 0 aliphatic carbocycles. The summed E-state index contributed by atoms with van der Waals surface area (Å²) in [5, 5.41) is 2.95. The first-order valence-electron chi connectivity index (χ1n) is 8.72. The Balaban J connectivity index is 1.96. The van der Waals surface area contributed by atoms with E-state index in [9.17, 15) is 21.6 Å². The van der Waals surface area contributed by atoms with E-state index < -0.39 is 19.9 Å². The molecule has 0 spiro atoms. The molecule has 1 heterocycles. The summed E-state index contributed by atoms with van der Waals surface area (Å²) in [5.41, 5.74) is 0.613. The topological polar surface area (TPSA) is 104 Å². The number of anilines is 1. The van der Waals surface area contributed by atoms with Crippen LogP contribution in [0.15, 0.2) is 29.2 Å². The fourth-order valence-electron chi connectivity index (χ4n) is 2.78. The summed E-state index contributed by atoms with van der Waals surface area (Å²) in [6, 6.07) is 5.76. The molecule has 1 aliphatic rings. The second kappa shape index (κ2) is 8.15. The maximum Gasteiger partial charge on any atom is 0.243 e. The lowest BCUT2D eigenvalue weighted by molar-refractivity contribution is -0.129. The Kier molecular flexibility index (Phi) is 6.54. The molecular weight excluding hydrogens is 390 g/mol. The Bertz CT molecular complexity index is 880. The van der Waals surface area contributed by atoms with Crippen LogP contribution in [0.4, 0.5) is 5.69 Å². The summed E-state index contributed by atoms with van der Waals surface area (Å²) in [6.07, 6.45) is 0.459. The molecule has 0 bridgehead atoms. The Labute approximate surface area is 161 Å². The van der Waals surface area contributed by atoms with Crippen LogP contribution in [0.1, 0.15) is 20.3 Å². The number of carbonyl (C=O) groups is 1. The van der Waals surface area contributed by atoms with E-state index in [1.807, 2.05) is 0 Å². The maximum atomic E-state index is 12.4. The van der Waals surface area contributed by atoms with Crippen molar-refractivity contribution in [3.8, 4) is 0 Å². The number of sulfone groups is 1. The second-order valence-corrected chi connectivity index (χ2v) is 11.3. The maximum absolute atomic E-state index is 12.4. The molecule has 27 heavy (non-hydrogen) atoms. The van der Waals surface area contributed by atoms with Gasteiger partial charge < -0.3 is 10.2 Å². The molecule has 10 heteroatoms. The monoisotopic (exact) mass is 417 g/mol. The van der Waals surface area contributed by atoms with E-state index in [0.29, 0.717) is 12.1 Å². The molecule has 152 valence electrons. The van der Waals surface area contributed by atoms with Crippen molar-refractivity contribution in [2.75, 3.05) is 37.5 Å². The number of hydrogen-bond donors (Lipinski definition) is 1. The van der Waals surface area contributed by atoms with Crippen molar-refractivity contribution in [2.24, 2.45) is 0 Å². The third-order valence-corrected chi connectivity index (χ3v) is 8.65. The standard InChI is InChI=1S/C17H27N3O5S2/c1-13(2)20(4)27(24,25)16-7-5-14(6-8-16)18-11-17(21)19(3)15-9-10-26(22,23)12-15/h5-8,13,15,18H,9-12H2,1-4H3. The van der Waals surface area contributed by atoms with Crippen molar-refractivity contribution >= 4 is 31.5 Å². The van der Waals surface area contributed by atoms with Crippen LogP contribution in [0.25, 0.3) is 0 Å². The van der Waals surface area contributed by atoms with Crippen molar-refractivity contribution in [1.82, 2.24) is 9.21 Å². The van der Waals surface area contributed by atoms with Crippen LogP contribution in [0.2, 0.25) is 0 Å². The highest BCUT2D eigenvalue weighted by molar-refractivity contribution is 7.91. The van der Waals surface area contributed by atoms with Gasteiger partial charge >= 0.3 is 0 Å². The van der Waals surface area contributed by atoms with Gasteiger partial charge in [-0.2, -0.15) is 4.31 Å². The lowest BCUT2D eigenvalue weighted by Gasteiger charge is -2.24. The van der Waals surface area contributed by atoms with Gasteiger partial charge in [-0.3, -0.25) is 4.79 Å². The van der Waals surface area contributed by atoms with Crippen LogP contribution in [0.3, 0.4) is 0 Å². The number of amides is 1. The number of rotatable bonds is 7. The lowest BCUT2D eigenvalue weighted by atomic mass is 10.2. The van der Waals surface area contributed by atoms with Crippen LogP contribution >= 0.6 is 0 Å². The minimum atomic E-state index is -3.55. The molecule has 2 rings (SSSR count). The molecule has 1 aromatic carbocycles. The van der Waals surface area contributed by atoms with Crippen molar-refractivity contribution < 1.29 is 21.6 Å². The van der Waals surface area contributed by atoms with Gasteiger partial charge in [-0.05, 0) is 44.5 Å². The predicted octanol–water partition coefficient (Wildman–Crippen LogP) is 0.773. The third-order valence-electron chi connectivity index (χ3n) is 4.85. The predicted molar refractivity (Wildman–Crippen MR) is 105 cm³/mol. The van der Waals surface area contributed by atoms with Crippen molar-refractivity contribution in [3.05, 3.63) is 24.3 Å². The summed E-state index contributed by atoms with van der Waals surface area (Å²) in [4.78, 5) is 13.9. The second-order valence-electron chi connectivity index (χ2n) is 7.05. The van der Waals surface area contributed by atoms with Crippen molar-refractivity contribution in [3.63, 3.8) is 0 Å². The third kappa shape index (κ3) is 5.20. The average Bonchev–Trinajstić information content (AvgIpc) is 2.98. The fourth-order valence-corrected chi connectivity index (χ4v) is 5.92. The molecule has 1 N–H and O–H groups in total. The van der Waals surface area contributed by atoms with Crippen molar-refractivity contribution in [2.45, 2.75) is 37.2 Å². The van der Waals surface area contributed by atoms with E-state index in [1.165, 1.54) is 28.4 Å². The Morgan fingerprint density at radius 1 is 1.22 bits per heavy atom. The molecule has 0 saturated carbocycles. The molecule has 1 amide bonds. The summed E-state index contributed by atoms with van der Waals surface area (Å²) in [7, 11) is -3.46. The fraction of sp³-hybridized carbons (Fsp3) is 0.588. The molecule has 1 aromatic rings. The van der Waals surface area contributed by atoms with Gasteiger partial charge in [0.1, 0.15) is 0 Å². The van der Waals surface area contributed by atoms with Crippen molar-refractivity contribution in [1.29, 1.82) is 0 Å². The molecule has 1 atom stereocenters. The minimum absolute atomic E-state index is 0.00500. The molecule has 8 nitrogen and oxygen atoms in total. The number of likely N-dealkylation sites (N-methyl/N-ethyl adjacent to an activating group) is 1. The highest BCUT2D eigenvalue weighted by Gasteiger charge is 2.32. The normalized spacial score (nSPS) is 19.4. The van der Waals surface area contributed by atoms with Crippen LogP contribution in [0, 0.1) is 0 Å². The van der Waals surface area contributed by atoms with E-state index in [0.717, 1.165) is 0 Å². The zero-order valence-corrected chi connectivity index (χ0v) is 17.7. The van der Waals surface area contributed by atoms with Crippen LogP contribution < -0.4 is 5.32 Å². The molecule has 1 aliphatic heterocycles. The quantitative estimate of drug-likeness (QED) is 0.703. The highest BCUT2D eigenvalue weighted by Crippen LogP contribution is 2.20. The average molecular weight is 418 g/mol.